The predicted octanol–water partition coefficient (Wildman–Crippen LogP) is 2.33. The monoisotopic (exact) mass is 531 g/mol. The minimum Gasteiger partial charge on any atom is -0.507 e. The van der Waals surface area contributed by atoms with Crippen LogP contribution >= 0.6 is 0 Å². The summed E-state index contributed by atoms with van der Waals surface area (Å²) in [4.78, 5) is 29.8. The largest absolute Gasteiger partial charge is 0.507 e. The number of rotatable bonds is 10. The molecule has 1 amide bonds. The van der Waals surface area contributed by atoms with E-state index in [-0.39, 0.29) is 21.8 Å². The highest BCUT2D eigenvalue weighted by atomic mass is 32.2. The van der Waals surface area contributed by atoms with Crippen LogP contribution in [-0.2, 0) is 19.6 Å². The first kappa shape index (κ1) is 28.2. The van der Waals surface area contributed by atoms with Gasteiger partial charge in [0.2, 0.25) is 10.0 Å². The van der Waals surface area contributed by atoms with Crippen molar-refractivity contribution in [3.05, 3.63) is 59.2 Å². The number of ketones is 1. The van der Waals surface area contributed by atoms with Crippen LogP contribution in [0.2, 0.25) is 0 Å². The molecule has 1 atom stereocenters. The fraction of sp³-hybridized carbons (Fsp3) is 0.385. The number of aliphatic hydroxyl groups excluding tert-OH is 1. The minimum absolute atomic E-state index is 0.0367. The number of hydrogen-bond donors (Lipinski definition) is 1. The van der Waals surface area contributed by atoms with Crippen molar-refractivity contribution in [2.24, 2.45) is 0 Å². The van der Waals surface area contributed by atoms with Gasteiger partial charge in [-0.15, -0.1) is 0 Å². The summed E-state index contributed by atoms with van der Waals surface area (Å²) in [6.45, 7) is 0.988. The molecule has 1 saturated heterocycles. The molecule has 1 aliphatic heterocycles. The lowest BCUT2D eigenvalue weighted by Crippen LogP contribution is -2.32. The Labute approximate surface area is 217 Å². The molecular weight excluding hydrogens is 498 g/mol. The Morgan fingerprint density at radius 2 is 1.59 bits per heavy atom. The van der Waals surface area contributed by atoms with Crippen LogP contribution in [-0.4, -0.2) is 94.8 Å². The number of methoxy groups -OCH3 is 2. The van der Waals surface area contributed by atoms with E-state index in [1.807, 2.05) is 19.0 Å². The summed E-state index contributed by atoms with van der Waals surface area (Å²) in [5, 5.41) is 11.3. The first-order valence-electron chi connectivity index (χ1n) is 11.6. The number of hydrogen-bond acceptors (Lipinski definition) is 8. The number of likely N-dealkylation sites (tertiary alicyclic amines) is 1. The smallest absolute Gasteiger partial charge is 0.295 e. The molecule has 1 fully saturated rings. The molecular formula is C26H33N3O7S. The zero-order valence-corrected chi connectivity index (χ0v) is 22.7. The van der Waals surface area contributed by atoms with Crippen molar-refractivity contribution in [3.8, 4) is 11.5 Å². The van der Waals surface area contributed by atoms with E-state index in [1.165, 1.54) is 57.5 Å². The van der Waals surface area contributed by atoms with Crippen molar-refractivity contribution in [2.75, 3.05) is 55.5 Å². The van der Waals surface area contributed by atoms with Crippen molar-refractivity contribution >= 4 is 27.5 Å². The van der Waals surface area contributed by atoms with Gasteiger partial charge in [-0.05, 0) is 69.0 Å². The number of amides is 1. The van der Waals surface area contributed by atoms with Crippen LogP contribution in [0.1, 0.15) is 23.6 Å². The first-order chi connectivity index (χ1) is 17.4. The molecule has 1 N–H and O–H groups in total. The molecule has 0 radical (unpaired) electrons. The molecule has 2 aromatic rings. The van der Waals surface area contributed by atoms with E-state index < -0.39 is 27.8 Å². The maximum atomic E-state index is 13.2. The van der Waals surface area contributed by atoms with Crippen LogP contribution in [0.4, 0.5) is 0 Å². The number of nitrogens with zero attached hydrogens (tertiary/aromatic N) is 3. The summed E-state index contributed by atoms with van der Waals surface area (Å²) >= 11 is 0. The number of Topliss-reactive ketones (excluding diaryl/α,β-unsaturated/α-hetero) is 1. The number of sulfonamides is 1. The molecule has 37 heavy (non-hydrogen) atoms. The number of carbonyl (C=O) groups excluding carboxylic acids is 2. The maximum Gasteiger partial charge on any atom is 0.295 e. The maximum absolute atomic E-state index is 13.2. The van der Waals surface area contributed by atoms with Crippen LogP contribution in [0.25, 0.3) is 5.76 Å². The molecule has 1 unspecified atom stereocenters. The second kappa shape index (κ2) is 11.3. The highest BCUT2D eigenvalue weighted by molar-refractivity contribution is 7.89. The van der Waals surface area contributed by atoms with E-state index in [2.05, 4.69) is 0 Å². The van der Waals surface area contributed by atoms with Gasteiger partial charge in [-0.1, -0.05) is 6.07 Å². The predicted molar refractivity (Wildman–Crippen MR) is 139 cm³/mol. The van der Waals surface area contributed by atoms with Gasteiger partial charge in [0.25, 0.3) is 11.7 Å². The van der Waals surface area contributed by atoms with Gasteiger partial charge in [0.1, 0.15) is 5.76 Å². The van der Waals surface area contributed by atoms with Crippen molar-refractivity contribution < 1.29 is 32.6 Å². The quantitative estimate of drug-likeness (QED) is 0.282. The van der Waals surface area contributed by atoms with Crippen LogP contribution in [0, 0.1) is 0 Å². The molecule has 0 saturated carbocycles. The summed E-state index contributed by atoms with van der Waals surface area (Å²) in [7, 11) is 5.99. The molecule has 10 nitrogen and oxygen atoms in total. The van der Waals surface area contributed by atoms with E-state index >= 15 is 0 Å². The molecule has 11 heteroatoms. The molecule has 0 aliphatic carbocycles. The van der Waals surface area contributed by atoms with E-state index in [0.717, 1.165) is 4.31 Å². The third-order valence-corrected chi connectivity index (χ3v) is 8.00. The molecule has 3 rings (SSSR count). The molecule has 0 spiro atoms. The van der Waals surface area contributed by atoms with Gasteiger partial charge >= 0.3 is 0 Å². The Bertz CT molecular complexity index is 1300. The van der Waals surface area contributed by atoms with Crippen molar-refractivity contribution in [1.29, 1.82) is 0 Å². The van der Waals surface area contributed by atoms with Crippen molar-refractivity contribution in [1.82, 2.24) is 14.1 Å². The Morgan fingerprint density at radius 1 is 0.973 bits per heavy atom. The molecule has 0 aromatic heterocycles. The van der Waals surface area contributed by atoms with Gasteiger partial charge < -0.3 is 24.4 Å². The van der Waals surface area contributed by atoms with Crippen LogP contribution in [0.5, 0.6) is 11.5 Å². The topological polar surface area (TPSA) is 117 Å². The zero-order valence-electron chi connectivity index (χ0n) is 21.9. The molecule has 1 heterocycles. The lowest BCUT2D eigenvalue weighted by molar-refractivity contribution is -0.139. The first-order valence-corrected chi connectivity index (χ1v) is 13.1. The van der Waals surface area contributed by atoms with Crippen LogP contribution < -0.4 is 9.47 Å². The summed E-state index contributed by atoms with van der Waals surface area (Å²) in [5.41, 5.74) is 0.704. The Morgan fingerprint density at radius 3 is 2.14 bits per heavy atom. The Kier molecular flexibility index (Phi) is 8.62. The van der Waals surface area contributed by atoms with Gasteiger partial charge in [0, 0.05) is 26.2 Å². The SMILES string of the molecule is COc1ccc(C2/C(=C(/O)c3ccc(S(=O)(=O)N(C)C)cc3)C(=O)C(=O)N2CCCN(C)C)cc1OC. The molecule has 2 aromatic carbocycles. The van der Waals surface area contributed by atoms with Crippen molar-refractivity contribution in [3.63, 3.8) is 0 Å². The third-order valence-electron chi connectivity index (χ3n) is 6.17. The van der Waals surface area contributed by atoms with Gasteiger partial charge in [-0.2, -0.15) is 0 Å². The standard InChI is InChI=1S/C26H33N3O7S/c1-27(2)14-7-15-29-23(18-10-13-20(35-5)21(16-18)36-6)22(25(31)26(29)32)24(30)17-8-11-19(12-9-17)37(33,34)28(3)4/h8-13,16,23,30H,7,14-15H2,1-6H3/b24-22-. The summed E-state index contributed by atoms with van der Waals surface area (Å²) < 4.78 is 36.7. The minimum atomic E-state index is -3.68. The summed E-state index contributed by atoms with van der Waals surface area (Å²) in [6, 6.07) is 9.73. The van der Waals surface area contributed by atoms with Crippen molar-refractivity contribution in [2.45, 2.75) is 17.4 Å². The van der Waals surface area contributed by atoms with Crippen LogP contribution in [0.15, 0.2) is 52.9 Å². The molecule has 0 bridgehead atoms. The second-order valence-corrected chi connectivity index (χ2v) is 11.2. The highest BCUT2D eigenvalue weighted by Gasteiger charge is 2.46. The normalized spacial score (nSPS) is 17.6. The lowest BCUT2D eigenvalue weighted by atomic mass is 9.95. The van der Waals surface area contributed by atoms with Gasteiger partial charge in [-0.3, -0.25) is 9.59 Å². The number of benzene rings is 2. The molecule has 200 valence electrons. The average molecular weight is 532 g/mol. The Balaban J connectivity index is 2.14. The fourth-order valence-electron chi connectivity index (χ4n) is 4.19. The van der Waals surface area contributed by atoms with E-state index in [0.29, 0.717) is 36.6 Å². The summed E-state index contributed by atoms with van der Waals surface area (Å²) in [6.07, 6.45) is 0.612. The van der Waals surface area contributed by atoms with E-state index in [1.54, 1.807) is 18.2 Å². The number of ether oxygens (including phenoxy) is 2. The lowest BCUT2D eigenvalue weighted by Gasteiger charge is -2.26. The van der Waals surface area contributed by atoms with Crippen LogP contribution in [0.3, 0.4) is 0 Å². The molecule has 1 aliphatic rings. The van der Waals surface area contributed by atoms with E-state index in [9.17, 15) is 23.1 Å². The third kappa shape index (κ3) is 5.63. The fourth-order valence-corrected chi connectivity index (χ4v) is 5.09. The Hall–Kier alpha value is -3.41. The van der Waals surface area contributed by atoms with Gasteiger partial charge in [0.05, 0.1) is 30.7 Å². The summed E-state index contributed by atoms with van der Waals surface area (Å²) in [5.74, 6) is -1.02. The average Bonchev–Trinajstić information content (AvgIpc) is 3.12. The highest BCUT2D eigenvalue weighted by Crippen LogP contribution is 2.42. The second-order valence-electron chi connectivity index (χ2n) is 9.08. The number of aliphatic hydroxyl groups is 1. The number of carbonyl (C=O) groups is 2. The van der Waals surface area contributed by atoms with Gasteiger partial charge in [-0.25, -0.2) is 12.7 Å². The zero-order chi connectivity index (χ0) is 27.5. The van der Waals surface area contributed by atoms with Gasteiger partial charge in [0.15, 0.2) is 11.5 Å². The van der Waals surface area contributed by atoms with E-state index in [4.69, 9.17) is 9.47 Å².